The zero-order valence-corrected chi connectivity index (χ0v) is 13.2. The first-order valence-corrected chi connectivity index (χ1v) is 8.16. The molecule has 0 aliphatic heterocycles. The summed E-state index contributed by atoms with van der Waals surface area (Å²) in [6.45, 7) is 3.37. The molecule has 7 heteroatoms. The van der Waals surface area contributed by atoms with Gasteiger partial charge in [0.25, 0.3) is 0 Å². The van der Waals surface area contributed by atoms with Crippen LogP contribution in [-0.2, 0) is 10.0 Å². The summed E-state index contributed by atoms with van der Waals surface area (Å²) >= 11 is 5.90. The van der Waals surface area contributed by atoms with Crippen LogP contribution in [0.25, 0.3) is 0 Å². The van der Waals surface area contributed by atoms with E-state index in [2.05, 4.69) is 9.71 Å². The monoisotopic (exact) mass is 325 g/mol. The fourth-order valence-corrected chi connectivity index (χ4v) is 3.75. The van der Waals surface area contributed by atoms with Gasteiger partial charge in [0.05, 0.1) is 16.6 Å². The lowest BCUT2D eigenvalue weighted by molar-refractivity contribution is 0.563. The van der Waals surface area contributed by atoms with Crippen LogP contribution in [0.3, 0.4) is 0 Å². The smallest absolute Gasteiger partial charge is 0.241 e. The third kappa shape index (κ3) is 3.53. The number of sulfonamides is 1. The van der Waals surface area contributed by atoms with Crippen molar-refractivity contribution in [3.05, 3.63) is 52.8 Å². The maximum absolute atomic E-state index is 12.5. The molecule has 1 aromatic carbocycles. The van der Waals surface area contributed by atoms with Crippen molar-refractivity contribution in [3.8, 4) is 0 Å². The first-order valence-electron chi connectivity index (χ1n) is 6.30. The van der Waals surface area contributed by atoms with Crippen LogP contribution in [0.1, 0.15) is 24.2 Å². The minimum atomic E-state index is -3.74. The summed E-state index contributed by atoms with van der Waals surface area (Å²) in [7, 11) is -3.74. The largest absolute Gasteiger partial charge is 0.398 e. The molecule has 2 rings (SSSR count). The molecule has 1 atom stereocenters. The van der Waals surface area contributed by atoms with Crippen LogP contribution >= 0.6 is 11.6 Å². The molecule has 0 amide bonds. The number of pyridine rings is 1. The lowest BCUT2D eigenvalue weighted by atomic mass is 10.2. The van der Waals surface area contributed by atoms with Crippen molar-refractivity contribution in [2.45, 2.75) is 24.8 Å². The molecule has 0 bridgehead atoms. The van der Waals surface area contributed by atoms with Crippen LogP contribution in [-0.4, -0.2) is 13.4 Å². The van der Waals surface area contributed by atoms with Crippen LogP contribution in [0.15, 0.2) is 41.4 Å². The number of anilines is 1. The number of hydrogen-bond donors (Lipinski definition) is 2. The van der Waals surface area contributed by atoms with Gasteiger partial charge in [0, 0.05) is 16.9 Å². The van der Waals surface area contributed by atoms with E-state index in [-0.39, 0.29) is 9.92 Å². The van der Waals surface area contributed by atoms with Crippen molar-refractivity contribution >= 4 is 27.3 Å². The number of nitrogens with one attached hydrogen (secondary N) is 1. The Morgan fingerprint density at radius 2 is 2.05 bits per heavy atom. The second-order valence-corrected chi connectivity index (χ2v) is 6.83. The standard InChI is InChI=1S/C14H16ClN3O2S/c1-9-12(16)7-11(15)8-14(9)21(19,20)18-10(2)13-5-3-4-6-17-13/h3-8,10,18H,16H2,1-2H3. The predicted molar refractivity (Wildman–Crippen MR) is 83.6 cm³/mol. The topological polar surface area (TPSA) is 85.1 Å². The fraction of sp³-hybridized carbons (Fsp3) is 0.214. The Balaban J connectivity index is 2.35. The Bertz CT molecular complexity index is 748. The van der Waals surface area contributed by atoms with Crippen molar-refractivity contribution in [2.24, 2.45) is 0 Å². The Kier molecular flexibility index (Phi) is 4.51. The molecule has 0 radical (unpaired) electrons. The van der Waals surface area contributed by atoms with Gasteiger partial charge in [-0.25, -0.2) is 13.1 Å². The summed E-state index contributed by atoms with van der Waals surface area (Å²) in [4.78, 5) is 4.22. The number of benzene rings is 1. The Hall–Kier alpha value is -1.63. The van der Waals surface area contributed by atoms with Crippen molar-refractivity contribution in [1.29, 1.82) is 0 Å². The van der Waals surface area contributed by atoms with Gasteiger partial charge in [0.2, 0.25) is 10.0 Å². The molecule has 3 N–H and O–H groups in total. The van der Waals surface area contributed by atoms with Crippen LogP contribution in [0, 0.1) is 6.92 Å². The van der Waals surface area contributed by atoms with E-state index < -0.39 is 16.1 Å². The average Bonchev–Trinajstić information content (AvgIpc) is 2.43. The lowest BCUT2D eigenvalue weighted by Crippen LogP contribution is -2.28. The van der Waals surface area contributed by atoms with Gasteiger partial charge in [-0.15, -0.1) is 0 Å². The molecule has 0 saturated heterocycles. The van der Waals surface area contributed by atoms with E-state index >= 15 is 0 Å². The molecule has 112 valence electrons. The summed E-state index contributed by atoms with van der Waals surface area (Å²) in [5.41, 5.74) is 7.22. The Labute approximate surface area is 129 Å². The Morgan fingerprint density at radius 1 is 1.33 bits per heavy atom. The number of hydrogen-bond acceptors (Lipinski definition) is 4. The van der Waals surface area contributed by atoms with Gasteiger partial charge in [-0.05, 0) is 43.7 Å². The highest BCUT2D eigenvalue weighted by Crippen LogP contribution is 2.27. The highest BCUT2D eigenvalue weighted by Gasteiger charge is 2.22. The second-order valence-electron chi connectivity index (χ2n) is 4.72. The highest BCUT2D eigenvalue weighted by molar-refractivity contribution is 7.89. The summed E-state index contributed by atoms with van der Waals surface area (Å²) in [5, 5.41) is 0.281. The molecule has 21 heavy (non-hydrogen) atoms. The average molecular weight is 326 g/mol. The number of halogens is 1. The summed E-state index contributed by atoms with van der Waals surface area (Å²) < 4.78 is 27.6. The number of rotatable bonds is 4. The van der Waals surface area contributed by atoms with Gasteiger partial charge in [-0.1, -0.05) is 17.7 Å². The molecule has 0 aliphatic rings. The van der Waals surface area contributed by atoms with Crippen molar-refractivity contribution < 1.29 is 8.42 Å². The van der Waals surface area contributed by atoms with E-state index in [1.807, 2.05) is 0 Å². The fourth-order valence-electron chi connectivity index (χ4n) is 1.94. The van der Waals surface area contributed by atoms with Gasteiger partial charge < -0.3 is 5.73 Å². The third-order valence-corrected chi connectivity index (χ3v) is 5.00. The summed E-state index contributed by atoms with van der Waals surface area (Å²) in [6.07, 6.45) is 1.61. The van der Waals surface area contributed by atoms with Crippen molar-refractivity contribution in [2.75, 3.05) is 5.73 Å². The van der Waals surface area contributed by atoms with E-state index in [0.717, 1.165) is 0 Å². The minimum absolute atomic E-state index is 0.0790. The second kappa shape index (κ2) is 6.01. The van der Waals surface area contributed by atoms with E-state index in [0.29, 0.717) is 16.9 Å². The molecule has 5 nitrogen and oxygen atoms in total. The van der Waals surface area contributed by atoms with Gasteiger partial charge in [-0.3, -0.25) is 4.98 Å². The summed E-state index contributed by atoms with van der Waals surface area (Å²) in [5.74, 6) is 0. The first kappa shape index (κ1) is 15.8. The van der Waals surface area contributed by atoms with E-state index in [1.165, 1.54) is 12.1 Å². The lowest BCUT2D eigenvalue weighted by Gasteiger charge is -2.16. The van der Waals surface area contributed by atoms with E-state index in [4.69, 9.17) is 17.3 Å². The maximum Gasteiger partial charge on any atom is 0.241 e. The zero-order chi connectivity index (χ0) is 15.6. The molecule has 0 fully saturated rings. The van der Waals surface area contributed by atoms with Crippen LogP contribution in [0.5, 0.6) is 0 Å². The number of nitrogen functional groups attached to an aromatic ring is 1. The molecule has 1 heterocycles. The van der Waals surface area contributed by atoms with Gasteiger partial charge in [0.1, 0.15) is 0 Å². The van der Waals surface area contributed by atoms with Gasteiger partial charge >= 0.3 is 0 Å². The van der Waals surface area contributed by atoms with Gasteiger partial charge in [-0.2, -0.15) is 0 Å². The molecule has 1 aromatic heterocycles. The number of nitrogens with two attached hydrogens (primary N) is 1. The minimum Gasteiger partial charge on any atom is -0.398 e. The zero-order valence-electron chi connectivity index (χ0n) is 11.7. The summed E-state index contributed by atoms with van der Waals surface area (Å²) in [6, 6.07) is 7.78. The highest BCUT2D eigenvalue weighted by atomic mass is 35.5. The predicted octanol–water partition coefficient (Wildman–Crippen LogP) is 2.67. The quantitative estimate of drug-likeness (QED) is 0.846. The molecular formula is C14H16ClN3O2S. The van der Waals surface area contributed by atoms with Crippen LogP contribution in [0.2, 0.25) is 5.02 Å². The maximum atomic E-state index is 12.5. The van der Waals surface area contributed by atoms with Crippen LogP contribution in [0.4, 0.5) is 5.69 Å². The normalized spacial score (nSPS) is 13.1. The molecule has 0 aliphatic carbocycles. The van der Waals surface area contributed by atoms with Gasteiger partial charge in [0.15, 0.2) is 0 Å². The van der Waals surface area contributed by atoms with E-state index in [1.54, 1.807) is 38.2 Å². The number of nitrogens with zero attached hydrogens (tertiary/aromatic N) is 1. The molecule has 0 saturated carbocycles. The molecular weight excluding hydrogens is 310 g/mol. The Morgan fingerprint density at radius 3 is 2.67 bits per heavy atom. The SMILES string of the molecule is Cc1c(N)cc(Cl)cc1S(=O)(=O)NC(C)c1ccccn1. The third-order valence-electron chi connectivity index (χ3n) is 3.12. The molecule has 0 spiro atoms. The molecule has 2 aromatic rings. The first-order chi connectivity index (χ1) is 9.81. The number of aromatic nitrogens is 1. The van der Waals surface area contributed by atoms with Crippen molar-refractivity contribution in [3.63, 3.8) is 0 Å². The van der Waals surface area contributed by atoms with Crippen molar-refractivity contribution in [1.82, 2.24) is 9.71 Å². The molecule has 1 unspecified atom stereocenters. The van der Waals surface area contributed by atoms with Crippen LogP contribution < -0.4 is 10.5 Å². The van der Waals surface area contributed by atoms with E-state index in [9.17, 15) is 8.42 Å².